The number of sulfone groups is 1. The number of rotatable bonds is 5. The fraction of sp³-hybridized carbons (Fsp3) is 0.500. The first-order valence-corrected chi connectivity index (χ1v) is 9.30. The Labute approximate surface area is 131 Å². The summed E-state index contributed by atoms with van der Waals surface area (Å²) >= 11 is 0. The van der Waals surface area contributed by atoms with Crippen molar-refractivity contribution in [2.75, 3.05) is 18.1 Å². The van der Waals surface area contributed by atoms with E-state index in [2.05, 4.69) is 0 Å². The van der Waals surface area contributed by atoms with Crippen LogP contribution in [0.1, 0.15) is 42.1 Å². The molecule has 1 aromatic carbocycles. The van der Waals surface area contributed by atoms with Crippen LogP contribution in [0, 0.1) is 11.3 Å². The van der Waals surface area contributed by atoms with Crippen LogP contribution < -0.4 is 0 Å². The van der Waals surface area contributed by atoms with Gasteiger partial charge in [0, 0.05) is 18.2 Å². The zero-order valence-corrected chi connectivity index (χ0v) is 13.5. The summed E-state index contributed by atoms with van der Waals surface area (Å²) < 4.78 is 23.4. The normalized spacial score (nSPS) is 19.5. The molecule has 1 aromatic rings. The zero-order chi connectivity index (χ0) is 16.2. The molecule has 1 amide bonds. The quantitative estimate of drug-likeness (QED) is 0.831. The third-order valence-electron chi connectivity index (χ3n) is 3.90. The van der Waals surface area contributed by atoms with Gasteiger partial charge in [-0.3, -0.25) is 4.79 Å². The second-order valence-corrected chi connectivity index (χ2v) is 7.83. The molecule has 1 unspecified atom stereocenters. The fourth-order valence-corrected chi connectivity index (χ4v) is 4.42. The topological polar surface area (TPSA) is 78.2 Å². The molecular formula is C16H20N2O3S. The van der Waals surface area contributed by atoms with Crippen LogP contribution in [-0.2, 0) is 9.84 Å². The molecule has 6 heteroatoms. The van der Waals surface area contributed by atoms with Crippen molar-refractivity contribution < 1.29 is 13.2 Å². The third kappa shape index (κ3) is 3.86. The SMILES string of the molecule is CCCCN(C(=O)c1cccc(C#N)c1)C1CCS(=O)(=O)C1. The Balaban J connectivity index is 2.24. The first-order valence-electron chi connectivity index (χ1n) is 7.48. The lowest BCUT2D eigenvalue weighted by Crippen LogP contribution is -2.41. The molecule has 0 spiro atoms. The zero-order valence-electron chi connectivity index (χ0n) is 12.7. The number of carbonyl (C=O) groups is 1. The van der Waals surface area contributed by atoms with Gasteiger partial charge in [-0.15, -0.1) is 0 Å². The maximum Gasteiger partial charge on any atom is 0.254 e. The van der Waals surface area contributed by atoms with Crippen molar-refractivity contribution in [3.63, 3.8) is 0 Å². The Morgan fingerprint density at radius 2 is 2.23 bits per heavy atom. The molecule has 0 N–H and O–H groups in total. The van der Waals surface area contributed by atoms with Crippen LogP contribution in [0.25, 0.3) is 0 Å². The van der Waals surface area contributed by atoms with Crippen molar-refractivity contribution in [3.05, 3.63) is 35.4 Å². The Morgan fingerprint density at radius 1 is 1.45 bits per heavy atom. The maximum absolute atomic E-state index is 12.7. The Hall–Kier alpha value is -1.87. The monoisotopic (exact) mass is 320 g/mol. The largest absolute Gasteiger partial charge is 0.335 e. The highest BCUT2D eigenvalue weighted by Crippen LogP contribution is 2.21. The van der Waals surface area contributed by atoms with E-state index in [9.17, 15) is 13.2 Å². The van der Waals surface area contributed by atoms with Crippen molar-refractivity contribution in [2.24, 2.45) is 0 Å². The van der Waals surface area contributed by atoms with Crippen LogP contribution >= 0.6 is 0 Å². The predicted octanol–water partition coefficient (Wildman–Crippen LogP) is 1.99. The van der Waals surface area contributed by atoms with Gasteiger partial charge in [0.2, 0.25) is 0 Å². The summed E-state index contributed by atoms with van der Waals surface area (Å²) in [4.78, 5) is 14.4. The number of unbranched alkanes of at least 4 members (excludes halogenated alkanes) is 1. The Kier molecular flexibility index (Phi) is 5.19. The standard InChI is InChI=1S/C16H20N2O3S/c1-2-3-8-18(15-7-9-22(20,21)12-15)16(19)14-6-4-5-13(10-14)11-17/h4-6,10,15H,2-3,7-9,12H2,1H3. The molecule has 118 valence electrons. The summed E-state index contributed by atoms with van der Waals surface area (Å²) in [5.41, 5.74) is 0.875. The van der Waals surface area contributed by atoms with Crippen LogP contribution in [-0.4, -0.2) is 43.3 Å². The minimum Gasteiger partial charge on any atom is -0.335 e. The molecule has 2 rings (SSSR count). The van der Waals surface area contributed by atoms with Gasteiger partial charge in [-0.25, -0.2) is 8.42 Å². The number of hydrogen-bond donors (Lipinski definition) is 0. The number of amides is 1. The molecule has 0 aromatic heterocycles. The van der Waals surface area contributed by atoms with E-state index in [1.165, 1.54) is 0 Å². The first kappa shape index (κ1) is 16.5. The van der Waals surface area contributed by atoms with E-state index >= 15 is 0 Å². The van der Waals surface area contributed by atoms with Gasteiger partial charge in [0.05, 0.1) is 23.1 Å². The van der Waals surface area contributed by atoms with Crippen molar-refractivity contribution in [1.82, 2.24) is 4.90 Å². The molecule has 1 saturated heterocycles. The van der Waals surface area contributed by atoms with Crippen LogP contribution in [0.5, 0.6) is 0 Å². The lowest BCUT2D eigenvalue weighted by Gasteiger charge is -2.28. The van der Waals surface area contributed by atoms with E-state index < -0.39 is 9.84 Å². The fourth-order valence-electron chi connectivity index (χ4n) is 2.69. The second-order valence-electron chi connectivity index (χ2n) is 5.60. The average Bonchev–Trinajstić information content (AvgIpc) is 2.87. The van der Waals surface area contributed by atoms with Crippen LogP contribution in [0.15, 0.2) is 24.3 Å². The maximum atomic E-state index is 12.7. The number of carbonyl (C=O) groups excluding carboxylic acids is 1. The second kappa shape index (κ2) is 6.93. The third-order valence-corrected chi connectivity index (χ3v) is 5.65. The van der Waals surface area contributed by atoms with Gasteiger partial charge < -0.3 is 4.90 Å². The van der Waals surface area contributed by atoms with E-state index in [1.54, 1.807) is 29.2 Å². The summed E-state index contributed by atoms with van der Waals surface area (Å²) in [6, 6.07) is 8.32. The number of nitriles is 1. The lowest BCUT2D eigenvalue weighted by molar-refractivity contribution is 0.0694. The van der Waals surface area contributed by atoms with Crippen LogP contribution in [0.3, 0.4) is 0 Å². The molecular weight excluding hydrogens is 300 g/mol. The first-order chi connectivity index (χ1) is 10.5. The molecule has 0 aliphatic carbocycles. The number of benzene rings is 1. The summed E-state index contributed by atoms with van der Waals surface area (Å²) in [6.07, 6.45) is 2.26. The molecule has 22 heavy (non-hydrogen) atoms. The molecule has 1 aliphatic heterocycles. The van der Waals surface area contributed by atoms with Gasteiger partial charge in [0.1, 0.15) is 0 Å². The van der Waals surface area contributed by atoms with E-state index in [0.717, 1.165) is 12.8 Å². The molecule has 0 saturated carbocycles. The molecule has 0 bridgehead atoms. The summed E-state index contributed by atoms with van der Waals surface area (Å²) in [5.74, 6) is -0.000653. The predicted molar refractivity (Wildman–Crippen MR) is 84.2 cm³/mol. The van der Waals surface area contributed by atoms with Gasteiger partial charge in [-0.1, -0.05) is 19.4 Å². The average molecular weight is 320 g/mol. The van der Waals surface area contributed by atoms with Crippen LogP contribution in [0.4, 0.5) is 0 Å². The smallest absolute Gasteiger partial charge is 0.254 e. The van der Waals surface area contributed by atoms with Gasteiger partial charge in [0.25, 0.3) is 5.91 Å². The Bertz CT molecular complexity index is 692. The van der Waals surface area contributed by atoms with Crippen LogP contribution in [0.2, 0.25) is 0 Å². The van der Waals surface area contributed by atoms with Gasteiger partial charge in [-0.2, -0.15) is 5.26 Å². The number of nitrogens with zero attached hydrogens (tertiary/aromatic N) is 2. The number of hydrogen-bond acceptors (Lipinski definition) is 4. The summed E-state index contributed by atoms with van der Waals surface area (Å²) in [7, 11) is -3.04. The highest BCUT2D eigenvalue weighted by atomic mass is 32.2. The molecule has 0 radical (unpaired) electrons. The molecule has 1 atom stereocenters. The highest BCUT2D eigenvalue weighted by Gasteiger charge is 2.34. The summed E-state index contributed by atoms with van der Waals surface area (Å²) in [5, 5.41) is 8.95. The minimum absolute atomic E-state index is 0.0421. The van der Waals surface area contributed by atoms with Gasteiger partial charge >= 0.3 is 0 Å². The summed E-state index contributed by atoms with van der Waals surface area (Å²) in [6.45, 7) is 2.58. The van der Waals surface area contributed by atoms with E-state index in [0.29, 0.717) is 24.1 Å². The highest BCUT2D eigenvalue weighted by molar-refractivity contribution is 7.91. The van der Waals surface area contributed by atoms with Crippen molar-refractivity contribution >= 4 is 15.7 Å². The van der Waals surface area contributed by atoms with Gasteiger partial charge in [0.15, 0.2) is 9.84 Å². The van der Waals surface area contributed by atoms with Gasteiger partial charge in [-0.05, 0) is 31.0 Å². The Morgan fingerprint density at radius 3 is 2.82 bits per heavy atom. The van der Waals surface area contributed by atoms with Crippen molar-refractivity contribution in [2.45, 2.75) is 32.2 Å². The molecule has 5 nitrogen and oxygen atoms in total. The van der Waals surface area contributed by atoms with Crippen molar-refractivity contribution in [1.29, 1.82) is 5.26 Å². The molecule has 1 aliphatic rings. The van der Waals surface area contributed by atoms with Crippen molar-refractivity contribution in [3.8, 4) is 6.07 Å². The molecule has 1 heterocycles. The van der Waals surface area contributed by atoms with E-state index in [4.69, 9.17) is 5.26 Å². The minimum atomic E-state index is -3.04. The van der Waals surface area contributed by atoms with E-state index in [-0.39, 0.29) is 23.5 Å². The lowest BCUT2D eigenvalue weighted by atomic mass is 10.1. The van der Waals surface area contributed by atoms with E-state index in [1.807, 2.05) is 13.0 Å². The molecule has 1 fully saturated rings.